The van der Waals surface area contributed by atoms with Crippen LogP contribution < -0.4 is 0 Å². The van der Waals surface area contributed by atoms with Crippen molar-refractivity contribution in [2.45, 2.75) is 52.2 Å². The zero-order valence-electron chi connectivity index (χ0n) is 11.9. The standard InChI is InChI=1S/C14H23NO4/c1-14(2,3)10-5-4-9(16)6-11(10)15-12(17)7-19-8-13(15)18/h9-11,16H,4-8H2,1-3H3. The summed E-state index contributed by atoms with van der Waals surface area (Å²) >= 11 is 0. The van der Waals surface area contributed by atoms with Gasteiger partial charge in [-0.1, -0.05) is 20.8 Å². The molecule has 1 saturated heterocycles. The van der Waals surface area contributed by atoms with Gasteiger partial charge in [-0.25, -0.2) is 0 Å². The molecule has 108 valence electrons. The van der Waals surface area contributed by atoms with Gasteiger partial charge in [0.2, 0.25) is 0 Å². The molecule has 0 radical (unpaired) electrons. The van der Waals surface area contributed by atoms with E-state index >= 15 is 0 Å². The van der Waals surface area contributed by atoms with Gasteiger partial charge in [0, 0.05) is 6.04 Å². The molecule has 3 unspecified atom stereocenters. The van der Waals surface area contributed by atoms with Crippen LogP contribution in [0.5, 0.6) is 0 Å². The molecule has 19 heavy (non-hydrogen) atoms. The molecule has 0 aromatic heterocycles. The molecular formula is C14H23NO4. The summed E-state index contributed by atoms with van der Waals surface area (Å²) in [5.74, 6) is -0.323. The molecule has 1 heterocycles. The van der Waals surface area contributed by atoms with Crippen LogP contribution in [0.3, 0.4) is 0 Å². The molecule has 2 fully saturated rings. The fourth-order valence-electron chi connectivity index (χ4n) is 3.29. The average molecular weight is 269 g/mol. The van der Waals surface area contributed by atoms with E-state index in [0.717, 1.165) is 12.8 Å². The second kappa shape index (κ2) is 5.21. The third kappa shape index (κ3) is 2.98. The molecule has 1 N–H and O–H groups in total. The highest BCUT2D eigenvalue weighted by atomic mass is 16.5. The van der Waals surface area contributed by atoms with Gasteiger partial charge in [-0.3, -0.25) is 14.5 Å². The number of amides is 2. The van der Waals surface area contributed by atoms with Gasteiger partial charge < -0.3 is 9.84 Å². The Labute approximate surface area is 113 Å². The van der Waals surface area contributed by atoms with Crippen molar-refractivity contribution in [2.24, 2.45) is 11.3 Å². The summed E-state index contributed by atoms with van der Waals surface area (Å²) in [6.45, 7) is 6.30. The highest BCUT2D eigenvalue weighted by Crippen LogP contribution is 2.40. The summed E-state index contributed by atoms with van der Waals surface area (Å²) in [7, 11) is 0. The van der Waals surface area contributed by atoms with Gasteiger partial charge in [-0.05, 0) is 30.6 Å². The van der Waals surface area contributed by atoms with Crippen molar-refractivity contribution >= 4 is 11.8 Å². The average Bonchev–Trinajstić information content (AvgIpc) is 2.27. The monoisotopic (exact) mass is 269 g/mol. The van der Waals surface area contributed by atoms with Crippen molar-refractivity contribution in [1.82, 2.24) is 4.90 Å². The van der Waals surface area contributed by atoms with Crippen LogP contribution in [0.2, 0.25) is 0 Å². The fourth-order valence-corrected chi connectivity index (χ4v) is 3.29. The van der Waals surface area contributed by atoms with Gasteiger partial charge in [0.15, 0.2) is 0 Å². The van der Waals surface area contributed by atoms with Gasteiger partial charge >= 0.3 is 0 Å². The van der Waals surface area contributed by atoms with Crippen molar-refractivity contribution in [3.8, 4) is 0 Å². The maximum atomic E-state index is 12.0. The van der Waals surface area contributed by atoms with Crippen molar-refractivity contribution in [3.05, 3.63) is 0 Å². The highest BCUT2D eigenvalue weighted by Gasteiger charge is 2.44. The molecule has 1 aliphatic heterocycles. The Hall–Kier alpha value is -0.940. The lowest BCUT2D eigenvalue weighted by Crippen LogP contribution is -2.58. The minimum atomic E-state index is -0.424. The molecule has 2 amide bonds. The SMILES string of the molecule is CC(C)(C)C1CCC(O)CC1N1C(=O)COCC1=O. The van der Waals surface area contributed by atoms with Crippen LogP contribution in [-0.2, 0) is 14.3 Å². The molecule has 2 aliphatic rings. The quantitative estimate of drug-likeness (QED) is 0.720. The lowest BCUT2D eigenvalue weighted by atomic mass is 9.68. The van der Waals surface area contributed by atoms with E-state index in [1.165, 1.54) is 4.90 Å². The molecule has 2 rings (SSSR count). The van der Waals surface area contributed by atoms with Crippen molar-refractivity contribution < 1.29 is 19.4 Å². The summed E-state index contributed by atoms with van der Waals surface area (Å²) in [6, 6.07) is -0.201. The number of carbonyl (C=O) groups excluding carboxylic acids is 2. The third-order valence-corrected chi connectivity index (χ3v) is 4.22. The minimum Gasteiger partial charge on any atom is -0.393 e. The van der Waals surface area contributed by atoms with Crippen LogP contribution in [0.25, 0.3) is 0 Å². The molecular weight excluding hydrogens is 246 g/mol. The van der Waals surface area contributed by atoms with E-state index in [-0.39, 0.29) is 42.4 Å². The lowest BCUT2D eigenvalue weighted by molar-refractivity contribution is -0.166. The number of hydrogen-bond acceptors (Lipinski definition) is 4. The Kier molecular flexibility index (Phi) is 3.97. The van der Waals surface area contributed by atoms with Crippen molar-refractivity contribution in [1.29, 1.82) is 0 Å². The van der Waals surface area contributed by atoms with E-state index in [2.05, 4.69) is 20.8 Å². The summed E-state index contributed by atoms with van der Waals surface area (Å²) in [5.41, 5.74) is 0.00364. The molecule has 3 atom stereocenters. The number of nitrogens with zero attached hydrogens (tertiary/aromatic N) is 1. The third-order valence-electron chi connectivity index (χ3n) is 4.22. The first-order chi connectivity index (χ1) is 8.80. The predicted octanol–water partition coefficient (Wildman–Crippen LogP) is 0.948. The Balaban J connectivity index is 2.26. The largest absolute Gasteiger partial charge is 0.393 e. The number of hydrogen-bond donors (Lipinski definition) is 1. The topological polar surface area (TPSA) is 66.8 Å². The van der Waals surface area contributed by atoms with Crippen LogP contribution in [0.4, 0.5) is 0 Å². The molecule has 0 aromatic rings. The molecule has 0 bridgehead atoms. The van der Waals surface area contributed by atoms with Crippen LogP contribution in [-0.4, -0.2) is 47.2 Å². The maximum absolute atomic E-state index is 12.0. The second-order valence-corrected chi connectivity index (χ2v) is 6.66. The van der Waals surface area contributed by atoms with E-state index in [1.54, 1.807) is 0 Å². The first-order valence-electron chi connectivity index (χ1n) is 6.91. The molecule has 1 aliphatic carbocycles. The highest BCUT2D eigenvalue weighted by molar-refractivity contribution is 5.98. The second-order valence-electron chi connectivity index (χ2n) is 6.66. The van der Waals surface area contributed by atoms with Crippen LogP contribution in [0.1, 0.15) is 40.0 Å². The predicted molar refractivity (Wildman–Crippen MR) is 69.3 cm³/mol. The summed E-state index contributed by atoms with van der Waals surface area (Å²) in [5, 5.41) is 9.89. The maximum Gasteiger partial charge on any atom is 0.255 e. The number of aliphatic hydroxyl groups excluding tert-OH is 1. The number of carbonyl (C=O) groups is 2. The summed E-state index contributed by atoms with van der Waals surface area (Å²) in [4.78, 5) is 25.3. The molecule has 1 saturated carbocycles. The molecule has 0 aromatic carbocycles. The summed E-state index contributed by atoms with van der Waals surface area (Å²) < 4.78 is 4.96. The number of rotatable bonds is 1. The first-order valence-corrected chi connectivity index (χ1v) is 6.91. The van der Waals surface area contributed by atoms with Gasteiger partial charge in [0.05, 0.1) is 6.10 Å². The van der Waals surface area contributed by atoms with E-state index in [4.69, 9.17) is 4.74 Å². The Morgan fingerprint density at radius 1 is 1.16 bits per heavy atom. The van der Waals surface area contributed by atoms with Crippen LogP contribution in [0.15, 0.2) is 0 Å². The van der Waals surface area contributed by atoms with Gasteiger partial charge in [-0.2, -0.15) is 0 Å². The van der Waals surface area contributed by atoms with Crippen molar-refractivity contribution in [3.63, 3.8) is 0 Å². The van der Waals surface area contributed by atoms with E-state index in [9.17, 15) is 14.7 Å². The Morgan fingerprint density at radius 3 is 2.26 bits per heavy atom. The van der Waals surface area contributed by atoms with Gasteiger partial charge in [0.1, 0.15) is 13.2 Å². The van der Waals surface area contributed by atoms with E-state index < -0.39 is 6.10 Å². The number of imide groups is 1. The van der Waals surface area contributed by atoms with Gasteiger partial charge in [0.25, 0.3) is 11.8 Å². The first kappa shape index (κ1) is 14.5. The van der Waals surface area contributed by atoms with Gasteiger partial charge in [-0.15, -0.1) is 0 Å². The zero-order valence-corrected chi connectivity index (χ0v) is 11.9. The molecule has 0 spiro atoms. The fraction of sp³-hybridized carbons (Fsp3) is 0.857. The lowest BCUT2D eigenvalue weighted by Gasteiger charge is -2.46. The minimum absolute atomic E-state index is 0.00364. The Morgan fingerprint density at radius 2 is 1.74 bits per heavy atom. The normalized spacial score (nSPS) is 33.7. The molecule has 5 heteroatoms. The number of ether oxygens (including phenoxy) is 1. The van der Waals surface area contributed by atoms with Crippen LogP contribution in [0, 0.1) is 11.3 Å². The summed E-state index contributed by atoms with van der Waals surface area (Å²) in [6.07, 6.45) is 1.64. The smallest absolute Gasteiger partial charge is 0.255 e. The zero-order chi connectivity index (χ0) is 14.2. The number of morpholine rings is 1. The van der Waals surface area contributed by atoms with Crippen molar-refractivity contribution in [2.75, 3.05) is 13.2 Å². The van der Waals surface area contributed by atoms with E-state index in [0.29, 0.717) is 6.42 Å². The Bertz CT molecular complexity index is 358. The molecule has 5 nitrogen and oxygen atoms in total. The number of aliphatic hydroxyl groups is 1. The van der Waals surface area contributed by atoms with E-state index in [1.807, 2.05) is 0 Å². The van der Waals surface area contributed by atoms with Crippen LogP contribution >= 0.6 is 0 Å².